The Balaban J connectivity index is 1.77. The molecule has 0 bridgehead atoms. The van der Waals surface area contributed by atoms with Crippen LogP contribution in [0.2, 0.25) is 0 Å². The molecule has 2 heterocycles. The zero-order valence-corrected chi connectivity index (χ0v) is 18.4. The molecule has 3 aromatic rings. The van der Waals surface area contributed by atoms with Gasteiger partial charge in [-0.2, -0.15) is 0 Å². The van der Waals surface area contributed by atoms with Gasteiger partial charge in [-0.1, -0.05) is 36.7 Å². The zero-order chi connectivity index (χ0) is 20.1. The minimum atomic E-state index is -0.977. The van der Waals surface area contributed by atoms with Crippen molar-refractivity contribution >= 4 is 55.0 Å². The molecule has 146 valence electrons. The maximum Gasteiger partial charge on any atom is 0.337 e. The molecule has 0 aliphatic heterocycles. The summed E-state index contributed by atoms with van der Waals surface area (Å²) in [5, 5.41) is 13.8. The van der Waals surface area contributed by atoms with E-state index < -0.39 is 5.97 Å². The van der Waals surface area contributed by atoms with Crippen LogP contribution < -0.4 is 5.32 Å². The highest BCUT2D eigenvalue weighted by atomic mass is 79.9. The lowest BCUT2D eigenvalue weighted by atomic mass is 9.72. The molecule has 0 saturated carbocycles. The number of aromatic nitrogens is 2. The van der Waals surface area contributed by atoms with Gasteiger partial charge in [0.15, 0.2) is 0 Å². The van der Waals surface area contributed by atoms with Gasteiger partial charge in [-0.15, -0.1) is 11.3 Å². The number of halogens is 1. The minimum Gasteiger partial charge on any atom is -0.478 e. The van der Waals surface area contributed by atoms with Gasteiger partial charge in [0.25, 0.3) is 0 Å². The van der Waals surface area contributed by atoms with Crippen molar-refractivity contribution < 1.29 is 9.90 Å². The molecule has 5 nitrogen and oxygen atoms in total. The van der Waals surface area contributed by atoms with E-state index in [2.05, 4.69) is 52.0 Å². The van der Waals surface area contributed by atoms with Gasteiger partial charge < -0.3 is 10.4 Å². The number of rotatable bonds is 3. The van der Waals surface area contributed by atoms with Crippen LogP contribution in [0.1, 0.15) is 48.0 Å². The molecule has 1 atom stereocenters. The van der Waals surface area contributed by atoms with Gasteiger partial charge >= 0.3 is 5.97 Å². The number of hydrogen-bond donors (Lipinski definition) is 2. The number of nitrogens with one attached hydrogen (secondary N) is 1. The Morgan fingerprint density at radius 2 is 2.11 bits per heavy atom. The van der Waals surface area contributed by atoms with Crippen molar-refractivity contribution in [3.63, 3.8) is 0 Å². The number of aryl methyl sites for hydroxylation is 1. The molecule has 0 fully saturated rings. The smallest absolute Gasteiger partial charge is 0.337 e. The van der Waals surface area contributed by atoms with Crippen LogP contribution in [0.4, 0.5) is 11.5 Å². The molecular formula is C21H22BrN3O2S. The normalized spacial score (nSPS) is 16.8. The highest BCUT2D eigenvalue weighted by Crippen LogP contribution is 2.44. The Bertz CT molecular complexity index is 1070. The predicted octanol–water partition coefficient (Wildman–Crippen LogP) is 6.05. The van der Waals surface area contributed by atoms with Crippen LogP contribution in [0.3, 0.4) is 0 Å². The van der Waals surface area contributed by atoms with Crippen LogP contribution >= 0.6 is 27.3 Å². The lowest BCUT2D eigenvalue weighted by Gasteiger charge is -2.33. The number of carboxylic acids is 1. The van der Waals surface area contributed by atoms with Crippen LogP contribution in [0.5, 0.6) is 0 Å². The van der Waals surface area contributed by atoms with E-state index in [0.717, 1.165) is 34.0 Å². The third-order valence-corrected chi connectivity index (χ3v) is 7.19. The Hall–Kier alpha value is -1.99. The second-order valence-corrected chi connectivity index (χ2v) is 10.3. The molecule has 28 heavy (non-hydrogen) atoms. The fraction of sp³-hybridized carbons (Fsp3) is 0.381. The molecule has 1 aromatic carbocycles. The third kappa shape index (κ3) is 3.53. The number of hydrogen-bond acceptors (Lipinski definition) is 5. The average molecular weight is 460 g/mol. The zero-order valence-electron chi connectivity index (χ0n) is 16.0. The molecule has 2 N–H and O–H groups in total. The molecule has 1 aliphatic rings. The summed E-state index contributed by atoms with van der Waals surface area (Å²) in [4.78, 5) is 22.9. The Kier molecular flexibility index (Phi) is 4.91. The number of anilines is 2. The lowest BCUT2D eigenvalue weighted by Crippen LogP contribution is -2.26. The summed E-state index contributed by atoms with van der Waals surface area (Å²) in [5.41, 5.74) is 2.34. The number of fused-ring (bicyclic) bond motifs is 3. The molecule has 1 aliphatic carbocycles. The van der Waals surface area contributed by atoms with Crippen LogP contribution in [-0.2, 0) is 12.8 Å². The maximum absolute atomic E-state index is 11.6. The topological polar surface area (TPSA) is 75.1 Å². The van der Waals surface area contributed by atoms with E-state index in [1.807, 2.05) is 6.07 Å². The second kappa shape index (κ2) is 7.12. The molecule has 0 amide bonds. The van der Waals surface area contributed by atoms with Gasteiger partial charge in [0.1, 0.15) is 17.0 Å². The number of carbonyl (C=O) groups is 1. The first-order chi connectivity index (χ1) is 13.2. The van der Waals surface area contributed by atoms with E-state index in [9.17, 15) is 9.90 Å². The van der Waals surface area contributed by atoms with Crippen molar-refractivity contribution in [2.45, 2.75) is 40.0 Å². The molecule has 2 aromatic heterocycles. The first kappa shape index (κ1) is 19.3. The summed E-state index contributed by atoms with van der Waals surface area (Å²) < 4.78 is 0.726. The van der Waals surface area contributed by atoms with Crippen molar-refractivity contribution in [1.29, 1.82) is 0 Å². The minimum absolute atomic E-state index is 0.207. The first-order valence-electron chi connectivity index (χ1n) is 9.29. The number of thiophene rings is 1. The molecule has 1 unspecified atom stereocenters. The molecular weight excluding hydrogens is 438 g/mol. The second-order valence-electron chi connectivity index (χ2n) is 8.33. The van der Waals surface area contributed by atoms with Gasteiger partial charge in [-0.25, -0.2) is 14.8 Å². The van der Waals surface area contributed by atoms with Gasteiger partial charge in [-0.3, -0.25) is 0 Å². The van der Waals surface area contributed by atoms with Crippen LogP contribution in [-0.4, -0.2) is 21.0 Å². The van der Waals surface area contributed by atoms with Gasteiger partial charge in [0, 0.05) is 9.35 Å². The summed E-state index contributed by atoms with van der Waals surface area (Å²) in [5.74, 6) is 0.360. The third-order valence-electron chi connectivity index (χ3n) is 5.54. The standard InChI is InChI=1S/C21H22BrN3O2S/c1-21(2,3)11-4-6-13-16(8-11)28-19-17(13)18(23-10-24-19)25-15-7-5-12(22)9-14(15)20(26)27/h5,7,9-11H,4,6,8H2,1-3H3,(H,26,27)(H,23,24,25). The average Bonchev–Trinajstić information content (AvgIpc) is 3.01. The van der Waals surface area contributed by atoms with Gasteiger partial charge in [-0.05, 0) is 54.4 Å². The lowest BCUT2D eigenvalue weighted by molar-refractivity contribution is 0.0698. The summed E-state index contributed by atoms with van der Waals surface area (Å²) in [7, 11) is 0. The summed E-state index contributed by atoms with van der Waals surface area (Å²) in [6, 6.07) is 5.18. The van der Waals surface area contributed by atoms with Crippen LogP contribution in [0.25, 0.3) is 10.2 Å². The molecule has 0 spiro atoms. The van der Waals surface area contributed by atoms with Crippen molar-refractivity contribution in [1.82, 2.24) is 9.97 Å². The highest BCUT2D eigenvalue weighted by Gasteiger charge is 2.31. The van der Waals surface area contributed by atoms with E-state index in [4.69, 9.17) is 0 Å². The number of carboxylic acid groups (broad SMARTS) is 1. The number of benzene rings is 1. The fourth-order valence-corrected chi connectivity index (χ4v) is 5.50. The fourth-order valence-electron chi connectivity index (χ4n) is 3.87. The Morgan fingerprint density at radius 1 is 1.32 bits per heavy atom. The monoisotopic (exact) mass is 459 g/mol. The van der Waals surface area contributed by atoms with E-state index in [1.165, 1.54) is 10.4 Å². The summed E-state index contributed by atoms with van der Waals surface area (Å²) >= 11 is 5.08. The Morgan fingerprint density at radius 3 is 2.82 bits per heavy atom. The van der Waals surface area contributed by atoms with E-state index in [-0.39, 0.29) is 11.0 Å². The highest BCUT2D eigenvalue weighted by molar-refractivity contribution is 9.10. The Labute approximate surface area is 176 Å². The maximum atomic E-state index is 11.6. The molecule has 4 rings (SSSR count). The molecule has 0 saturated heterocycles. The number of nitrogens with zero attached hydrogens (tertiary/aromatic N) is 2. The SMILES string of the molecule is CC(C)(C)C1CCc2c(sc3ncnc(Nc4ccc(Br)cc4C(=O)O)c23)C1. The van der Waals surface area contributed by atoms with E-state index in [1.54, 1.807) is 29.8 Å². The van der Waals surface area contributed by atoms with Crippen molar-refractivity contribution in [3.05, 3.63) is 45.0 Å². The number of aromatic carboxylic acids is 1. The van der Waals surface area contributed by atoms with E-state index in [0.29, 0.717) is 17.4 Å². The van der Waals surface area contributed by atoms with Crippen LogP contribution in [0, 0.1) is 11.3 Å². The first-order valence-corrected chi connectivity index (χ1v) is 10.9. The largest absolute Gasteiger partial charge is 0.478 e. The van der Waals surface area contributed by atoms with Gasteiger partial charge in [0.05, 0.1) is 16.6 Å². The van der Waals surface area contributed by atoms with E-state index >= 15 is 0 Å². The van der Waals surface area contributed by atoms with Gasteiger partial charge in [0.2, 0.25) is 0 Å². The van der Waals surface area contributed by atoms with Crippen molar-refractivity contribution in [2.24, 2.45) is 11.3 Å². The summed E-state index contributed by atoms with van der Waals surface area (Å²) in [6.45, 7) is 6.93. The predicted molar refractivity (Wildman–Crippen MR) is 117 cm³/mol. The molecule has 0 radical (unpaired) electrons. The van der Waals surface area contributed by atoms with Crippen molar-refractivity contribution in [2.75, 3.05) is 5.32 Å². The van der Waals surface area contributed by atoms with Crippen molar-refractivity contribution in [3.8, 4) is 0 Å². The summed E-state index contributed by atoms with van der Waals surface area (Å²) in [6.07, 6.45) is 4.77. The quantitative estimate of drug-likeness (QED) is 0.498. The molecule has 7 heteroatoms. The van der Waals surface area contributed by atoms with Crippen LogP contribution in [0.15, 0.2) is 29.0 Å².